The molecule has 98 valence electrons. The summed E-state index contributed by atoms with van der Waals surface area (Å²) < 4.78 is 0. The summed E-state index contributed by atoms with van der Waals surface area (Å²) in [6.45, 7) is 8.24. The van der Waals surface area contributed by atoms with Crippen molar-refractivity contribution in [3.05, 3.63) is 0 Å². The Balaban J connectivity index is 2.46. The summed E-state index contributed by atoms with van der Waals surface area (Å²) in [6.07, 6.45) is 0.975. The SMILES string of the molecule is CC(C)N(CCC(=O)O)C(=O)NC1CC1(C)C. The molecule has 2 N–H and O–H groups in total. The molecule has 0 bridgehead atoms. The summed E-state index contributed by atoms with van der Waals surface area (Å²) in [7, 11) is 0. The van der Waals surface area contributed by atoms with Crippen LogP contribution in [0.2, 0.25) is 0 Å². The van der Waals surface area contributed by atoms with E-state index in [2.05, 4.69) is 19.2 Å². The Hall–Kier alpha value is -1.26. The molecule has 0 aromatic heterocycles. The largest absolute Gasteiger partial charge is 0.481 e. The van der Waals surface area contributed by atoms with Gasteiger partial charge < -0.3 is 15.3 Å². The van der Waals surface area contributed by atoms with E-state index in [0.29, 0.717) is 0 Å². The molecule has 0 heterocycles. The van der Waals surface area contributed by atoms with E-state index in [1.54, 1.807) is 4.90 Å². The minimum absolute atomic E-state index is 0.0104. The smallest absolute Gasteiger partial charge is 0.317 e. The number of hydrogen-bond acceptors (Lipinski definition) is 2. The minimum Gasteiger partial charge on any atom is -0.481 e. The molecule has 0 radical (unpaired) electrons. The summed E-state index contributed by atoms with van der Waals surface area (Å²) in [4.78, 5) is 24.1. The van der Waals surface area contributed by atoms with E-state index in [1.165, 1.54) is 0 Å². The van der Waals surface area contributed by atoms with Gasteiger partial charge >= 0.3 is 12.0 Å². The number of nitrogens with one attached hydrogen (secondary N) is 1. The first-order chi connectivity index (χ1) is 7.74. The number of carbonyl (C=O) groups is 2. The van der Waals surface area contributed by atoms with E-state index >= 15 is 0 Å². The van der Waals surface area contributed by atoms with Gasteiger partial charge in [-0.25, -0.2) is 4.79 Å². The van der Waals surface area contributed by atoms with Crippen molar-refractivity contribution < 1.29 is 14.7 Å². The van der Waals surface area contributed by atoms with Crippen LogP contribution >= 0.6 is 0 Å². The number of carbonyl (C=O) groups excluding carboxylic acids is 1. The monoisotopic (exact) mass is 242 g/mol. The fraction of sp³-hybridized carbons (Fsp3) is 0.833. The normalized spacial score (nSPS) is 21.1. The maximum atomic E-state index is 12.0. The van der Waals surface area contributed by atoms with Crippen molar-refractivity contribution in [1.82, 2.24) is 10.2 Å². The van der Waals surface area contributed by atoms with Gasteiger partial charge in [-0.05, 0) is 25.7 Å². The van der Waals surface area contributed by atoms with Gasteiger partial charge in [0.05, 0.1) is 6.42 Å². The first-order valence-corrected chi connectivity index (χ1v) is 6.03. The lowest BCUT2D eigenvalue weighted by Crippen LogP contribution is -2.46. The van der Waals surface area contributed by atoms with E-state index in [9.17, 15) is 9.59 Å². The molecule has 1 fully saturated rings. The zero-order chi connectivity index (χ0) is 13.2. The third-order valence-electron chi connectivity index (χ3n) is 3.26. The van der Waals surface area contributed by atoms with Gasteiger partial charge in [0.25, 0.3) is 0 Å². The van der Waals surface area contributed by atoms with Crippen molar-refractivity contribution in [2.75, 3.05) is 6.54 Å². The molecule has 1 rings (SSSR count). The average molecular weight is 242 g/mol. The number of amides is 2. The Morgan fingerprint density at radius 1 is 1.47 bits per heavy atom. The summed E-state index contributed by atoms with van der Waals surface area (Å²) in [6, 6.07) is 0.0779. The van der Waals surface area contributed by atoms with Crippen LogP contribution in [0.3, 0.4) is 0 Å². The summed E-state index contributed by atoms with van der Waals surface area (Å²) >= 11 is 0. The van der Waals surface area contributed by atoms with Crippen LogP contribution in [0.25, 0.3) is 0 Å². The molecule has 1 saturated carbocycles. The zero-order valence-electron chi connectivity index (χ0n) is 11.0. The van der Waals surface area contributed by atoms with E-state index in [4.69, 9.17) is 5.11 Å². The zero-order valence-corrected chi connectivity index (χ0v) is 11.0. The molecule has 5 heteroatoms. The van der Waals surface area contributed by atoms with Crippen LogP contribution in [-0.2, 0) is 4.79 Å². The van der Waals surface area contributed by atoms with Crippen molar-refractivity contribution in [2.24, 2.45) is 5.41 Å². The highest BCUT2D eigenvalue weighted by Crippen LogP contribution is 2.44. The van der Waals surface area contributed by atoms with Gasteiger partial charge in [0.1, 0.15) is 0 Å². The predicted octanol–water partition coefficient (Wildman–Crippen LogP) is 1.68. The quantitative estimate of drug-likeness (QED) is 0.770. The van der Waals surface area contributed by atoms with E-state index in [0.717, 1.165) is 6.42 Å². The van der Waals surface area contributed by atoms with Crippen LogP contribution in [0.1, 0.15) is 40.5 Å². The van der Waals surface area contributed by atoms with E-state index in [-0.39, 0.29) is 36.5 Å². The summed E-state index contributed by atoms with van der Waals surface area (Å²) in [5.74, 6) is -0.879. The second-order valence-corrected chi connectivity index (χ2v) is 5.63. The van der Waals surface area contributed by atoms with Crippen LogP contribution < -0.4 is 5.32 Å². The molecule has 0 spiro atoms. The Kier molecular flexibility index (Phi) is 4.01. The Bertz CT molecular complexity index is 313. The van der Waals surface area contributed by atoms with Crippen molar-refractivity contribution in [3.63, 3.8) is 0 Å². The molecule has 1 unspecified atom stereocenters. The number of hydrogen-bond donors (Lipinski definition) is 2. The Morgan fingerprint density at radius 2 is 2.00 bits per heavy atom. The standard InChI is InChI=1S/C12H22N2O3/c1-8(2)14(6-5-10(15)16)11(17)13-9-7-12(9,3)4/h8-9H,5-7H2,1-4H3,(H,13,17)(H,15,16). The van der Waals surface area contributed by atoms with E-state index in [1.807, 2.05) is 13.8 Å². The van der Waals surface area contributed by atoms with Gasteiger partial charge in [0.15, 0.2) is 0 Å². The van der Waals surface area contributed by atoms with Crippen LogP contribution in [0, 0.1) is 5.41 Å². The molecule has 0 aliphatic heterocycles. The molecule has 1 atom stereocenters. The highest BCUT2D eigenvalue weighted by molar-refractivity contribution is 5.76. The topological polar surface area (TPSA) is 69.6 Å². The number of carboxylic acids is 1. The lowest BCUT2D eigenvalue weighted by atomic mass is 10.2. The van der Waals surface area contributed by atoms with Gasteiger partial charge in [0.2, 0.25) is 0 Å². The van der Waals surface area contributed by atoms with Crippen molar-refractivity contribution in [2.45, 2.75) is 52.6 Å². The van der Waals surface area contributed by atoms with Crippen molar-refractivity contribution in [1.29, 1.82) is 0 Å². The maximum Gasteiger partial charge on any atom is 0.317 e. The number of carboxylic acid groups (broad SMARTS) is 1. The van der Waals surface area contributed by atoms with Crippen molar-refractivity contribution in [3.8, 4) is 0 Å². The molecule has 0 saturated heterocycles. The highest BCUT2D eigenvalue weighted by Gasteiger charge is 2.47. The van der Waals surface area contributed by atoms with Crippen LogP contribution in [0.15, 0.2) is 0 Å². The molecule has 5 nitrogen and oxygen atoms in total. The number of urea groups is 1. The second-order valence-electron chi connectivity index (χ2n) is 5.63. The highest BCUT2D eigenvalue weighted by atomic mass is 16.4. The van der Waals surface area contributed by atoms with Gasteiger partial charge in [-0.1, -0.05) is 13.8 Å². The van der Waals surface area contributed by atoms with E-state index < -0.39 is 5.97 Å². The number of nitrogens with zero attached hydrogens (tertiary/aromatic N) is 1. The molecular formula is C12H22N2O3. The van der Waals surface area contributed by atoms with Gasteiger partial charge in [-0.15, -0.1) is 0 Å². The molecule has 0 aromatic carbocycles. The van der Waals surface area contributed by atoms with Crippen LogP contribution in [0.5, 0.6) is 0 Å². The molecule has 17 heavy (non-hydrogen) atoms. The first kappa shape index (κ1) is 13.8. The average Bonchev–Trinajstić information content (AvgIpc) is 2.72. The fourth-order valence-electron chi connectivity index (χ4n) is 1.76. The fourth-order valence-corrected chi connectivity index (χ4v) is 1.76. The van der Waals surface area contributed by atoms with Gasteiger partial charge in [-0.3, -0.25) is 4.79 Å². The lowest BCUT2D eigenvalue weighted by molar-refractivity contribution is -0.137. The third-order valence-corrected chi connectivity index (χ3v) is 3.26. The summed E-state index contributed by atoms with van der Waals surface area (Å²) in [5.41, 5.74) is 0.186. The number of aliphatic carboxylic acids is 1. The molecule has 2 amide bonds. The lowest BCUT2D eigenvalue weighted by Gasteiger charge is -2.26. The molecule has 1 aliphatic carbocycles. The van der Waals surface area contributed by atoms with Crippen LogP contribution in [-0.4, -0.2) is 40.6 Å². The molecular weight excluding hydrogens is 220 g/mol. The number of rotatable bonds is 5. The van der Waals surface area contributed by atoms with Crippen molar-refractivity contribution >= 4 is 12.0 Å². The molecule has 1 aliphatic rings. The molecule has 0 aromatic rings. The second kappa shape index (κ2) is 4.94. The first-order valence-electron chi connectivity index (χ1n) is 6.03. The predicted molar refractivity (Wildman–Crippen MR) is 64.8 cm³/mol. The maximum absolute atomic E-state index is 12.0. The third kappa shape index (κ3) is 3.91. The van der Waals surface area contributed by atoms with Crippen LogP contribution in [0.4, 0.5) is 4.79 Å². The minimum atomic E-state index is -0.879. The van der Waals surface area contributed by atoms with Gasteiger partial charge in [-0.2, -0.15) is 0 Å². The van der Waals surface area contributed by atoms with Gasteiger partial charge in [0, 0.05) is 18.6 Å². The Labute approximate surface area is 102 Å². The summed E-state index contributed by atoms with van der Waals surface area (Å²) in [5, 5.41) is 11.6. The Morgan fingerprint density at radius 3 is 2.35 bits per heavy atom.